The molecule has 0 aliphatic carbocycles. The minimum atomic E-state index is -0.339. The Balaban J connectivity index is 1.87. The van der Waals surface area contributed by atoms with E-state index < -0.39 is 0 Å². The van der Waals surface area contributed by atoms with Gasteiger partial charge in [0.1, 0.15) is 5.75 Å². The molecular formula is C15H11Br3N2O2. The monoisotopic (exact) mass is 488 g/mol. The molecule has 0 spiro atoms. The maximum absolute atomic E-state index is 11.7. The minimum Gasteiger partial charge on any atom is -0.481 e. The molecule has 0 saturated carbocycles. The van der Waals surface area contributed by atoms with Gasteiger partial charge in [-0.2, -0.15) is 5.10 Å². The van der Waals surface area contributed by atoms with E-state index in [4.69, 9.17) is 4.74 Å². The van der Waals surface area contributed by atoms with Gasteiger partial charge in [-0.05, 0) is 49.6 Å². The summed E-state index contributed by atoms with van der Waals surface area (Å²) in [4.78, 5) is 11.7. The highest BCUT2D eigenvalue weighted by Crippen LogP contribution is 2.36. The molecule has 1 amide bonds. The molecule has 0 aliphatic heterocycles. The average molecular weight is 491 g/mol. The first-order valence-electron chi connectivity index (χ1n) is 6.20. The molecule has 0 unspecified atom stereocenters. The molecule has 0 bridgehead atoms. The van der Waals surface area contributed by atoms with E-state index in [0.717, 1.165) is 19.0 Å². The summed E-state index contributed by atoms with van der Waals surface area (Å²) in [6, 6.07) is 13.2. The molecule has 4 nitrogen and oxygen atoms in total. The lowest BCUT2D eigenvalue weighted by Crippen LogP contribution is -2.24. The van der Waals surface area contributed by atoms with E-state index in [9.17, 15) is 4.79 Å². The van der Waals surface area contributed by atoms with Crippen LogP contribution < -0.4 is 10.2 Å². The average Bonchev–Trinajstić information content (AvgIpc) is 2.47. The van der Waals surface area contributed by atoms with Crippen molar-refractivity contribution in [1.29, 1.82) is 0 Å². The highest BCUT2D eigenvalue weighted by atomic mass is 79.9. The van der Waals surface area contributed by atoms with Crippen LogP contribution in [0.15, 0.2) is 61.0 Å². The summed E-state index contributed by atoms with van der Waals surface area (Å²) < 4.78 is 7.87. The van der Waals surface area contributed by atoms with Crippen LogP contribution in [-0.4, -0.2) is 18.7 Å². The molecule has 2 aromatic rings. The van der Waals surface area contributed by atoms with Crippen LogP contribution in [-0.2, 0) is 4.79 Å². The number of amides is 1. The van der Waals surface area contributed by atoms with Crippen LogP contribution in [0.3, 0.4) is 0 Å². The fraction of sp³-hybridized carbons (Fsp3) is 0.0667. The molecule has 0 heterocycles. The molecule has 0 fully saturated rings. The molecule has 7 heteroatoms. The molecule has 2 aromatic carbocycles. The van der Waals surface area contributed by atoms with Gasteiger partial charge in [-0.25, -0.2) is 5.43 Å². The van der Waals surface area contributed by atoms with Gasteiger partial charge >= 0.3 is 0 Å². The van der Waals surface area contributed by atoms with Crippen molar-refractivity contribution in [2.75, 3.05) is 6.61 Å². The predicted molar refractivity (Wildman–Crippen MR) is 97.2 cm³/mol. The fourth-order valence-corrected chi connectivity index (χ4v) is 4.04. The molecule has 0 radical (unpaired) electrons. The topological polar surface area (TPSA) is 50.7 Å². The van der Waals surface area contributed by atoms with Crippen molar-refractivity contribution in [1.82, 2.24) is 5.43 Å². The molecular weight excluding hydrogens is 480 g/mol. The van der Waals surface area contributed by atoms with Crippen molar-refractivity contribution in [3.05, 3.63) is 61.4 Å². The first kappa shape index (κ1) is 17.2. The van der Waals surface area contributed by atoms with Crippen LogP contribution in [0.1, 0.15) is 5.56 Å². The zero-order valence-electron chi connectivity index (χ0n) is 11.2. The first-order valence-corrected chi connectivity index (χ1v) is 8.58. The van der Waals surface area contributed by atoms with Crippen molar-refractivity contribution >= 4 is 59.9 Å². The smallest absolute Gasteiger partial charge is 0.277 e. The van der Waals surface area contributed by atoms with Gasteiger partial charge in [-0.15, -0.1) is 0 Å². The standard InChI is InChI=1S/C15H11Br3N2O2/c16-11-6-12(17)15(13(18)7-11)22-9-14(21)20-19-8-10-4-2-1-3-5-10/h1-8H,9H2,(H,20,21). The van der Waals surface area contributed by atoms with Crippen LogP contribution in [0.4, 0.5) is 0 Å². The summed E-state index contributed by atoms with van der Waals surface area (Å²) in [5, 5.41) is 3.88. The van der Waals surface area contributed by atoms with Crippen molar-refractivity contribution in [3.63, 3.8) is 0 Å². The maximum atomic E-state index is 11.7. The summed E-state index contributed by atoms with van der Waals surface area (Å²) in [7, 11) is 0. The highest BCUT2D eigenvalue weighted by Gasteiger charge is 2.10. The number of hydrogen-bond donors (Lipinski definition) is 1. The second-order valence-corrected chi connectivity index (χ2v) is 6.82. The van der Waals surface area contributed by atoms with Gasteiger partial charge in [0.15, 0.2) is 6.61 Å². The largest absolute Gasteiger partial charge is 0.481 e. The van der Waals surface area contributed by atoms with Gasteiger partial charge in [0, 0.05) is 4.47 Å². The lowest BCUT2D eigenvalue weighted by Gasteiger charge is -2.09. The van der Waals surface area contributed by atoms with E-state index in [2.05, 4.69) is 58.3 Å². The van der Waals surface area contributed by atoms with Crippen LogP contribution >= 0.6 is 47.8 Å². The second-order valence-electron chi connectivity index (χ2n) is 4.19. The lowest BCUT2D eigenvalue weighted by molar-refractivity contribution is -0.123. The van der Waals surface area contributed by atoms with E-state index in [1.807, 2.05) is 42.5 Å². The summed E-state index contributed by atoms with van der Waals surface area (Å²) >= 11 is 10.1. The minimum absolute atomic E-state index is 0.134. The van der Waals surface area contributed by atoms with Crippen molar-refractivity contribution in [2.45, 2.75) is 0 Å². The summed E-state index contributed by atoms with van der Waals surface area (Å²) in [6.07, 6.45) is 1.57. The van der Waals surface area contributed by atoms with E-state index in [-0.39, 0.29) is 12.5 Å². The Morgan fingerprint density at radius 1 is 1.14 bits per heavy atom. The fourth-order valence-electron chi connectivity index (χ4n) is 1.55. The molecule has 0 atom stereocenters. The molecule has 2 rings (SSSR count). The Morgan fingerprint density at radius 3 is 2.41 bits per heavy atom. The third-order valence-electron chi connectivity index (χ3n) is 2.51. The number of halogens is 3. The highest BCUT2D eigenvalue weighted by molar-refractivity contribution is 9.11. The quantitative estimate of drug-likeness (QED) is 0.495. The van der Waals surface area contributed by atoms with Gasteiger partial charge in [0.2, 0.25) is 0 Å². The number of benzene rings is 2. The molecule has 0 saturated heterocycles. The van der Waals surface area contributed by atoms with Gasteiger partial charge < -0.3 is 4.74 Å². The number of carbonyl (C=O) groups is 1. The first-order chi connectivity index (χ1) is 10.6. The van der Waals surface area contributed by atoms with Crippen LogP contribution in [0.5, 0.6) is 5.75 Å². The number of nitrogens with zero attached hydrogens (tertiary/aromatic N) is 1. The van der Waals surface area contributed by atoms with E-state index in [1.165, 1.54) is 0 Å². The summed E-state index contributed by atoms with van der Waals surface area (Å²) in [6.45, 7) is -0.134. The summed E-state index contributed by atoms with van der Waals surface area (Å²) in [5.41, 5.74) is 3.32. The predicted octanol–water partition coefficient (Wildman–Crippen LogP) is 4.50. The van der Waals surface area contributed by atoms with Crippen LogP contribution in [0, 0.1) is 0 Å². The molecule has 22 heavy (non-hydrogen) atoms. The Kier molecular flexibility index (Phi) is 6.60. The molecule has 0 aromatic heterocycles. The molecule has 114 valence electrons. The lowest BCUT2D eigenvalue weighted by atomic mass is 10.2. The Labute approximate surface area is 153 Å². The number of hydrazone groups is 1. The van der Waals surface area contributed by atoms with E-state index in [1.54, 1.807) is 6.21 Å². The van der Waals surface area contributed by atoms with Gasteiger partial charge in [-0.1, -0.05) is 46.3 Å². The van der Waals surface area contributed by atoms with Crippen molar-refractivity contribution in [2.24, 2.45) is 5.10 Å². The van der Waals surface area contributed by atoms with Crippen molar-refractivity contribution < 1.29 is 9.53 Å². The van der Waals surface area contributed by atoms with Crippen LogP contribution in [0.2, 0.25) is 0 Å². The Bertz CT molecular complexity index is 667. The van der Waals surface area contributed by atoms with Crippen molar-refractivity contribution in [3.8, 4) is 5.75 Å². The molecule has 1 N–H and O–H groups in total. The SMILES string of the molecule is O=C(COc1c(Br)cc(Br)cc1Br)NN=Cc1ccccc1. The van der Waals surface area contributed by atoms with Gasteiger partial charge in [0.05, 0.1) is 15.2 Å². The third-order valence-corrected chi connectivity index (χ3v) is 4.15. The zero-order chi connectivity index (χ0) is 15.9. The number of nitrogens with one attached hydrogen (secondary N) is 1. The number of rotatable bonds is 5. The Morgan fingerprint density at radius 2 is 1.77 bits per heavy atom. The number of hydrogen-bond acceptors (Lipinski definition) is 3. The maximum Gasteiger partial charge on any atom is 0.277 e. The zero-order valence-corrected chi connectivity index (χ0v) is 16.0. The Hall–Kier alpha value is -1.18. The molecule has 0 aliphatic rings. The second kappa shape index (κ2) is 8.45. The summed E-state index contributed by atoms with van der Waals surface area (Å²) in [5.74, 6) is 0.222. The normalized spacial score (nSPS) is 10.7. The third kappa shape index (κ3) is 5.23. The van der Waals surface area contributed by atoms with Gasteiger partial charge in [-0.3, -0.25) is 4.79 Å². The number of carbonyl (C=O) groups excluding carboxylic acids is 1. The van der Waals surface area contributed by atoms with Crippen LogP contribution in [0.25, 0.3) is 0 Å². The van der Waals surface area contributed by atoms with Gasteiger partial charge in [0.25, 0.3) is 5.91 Å². The van der Waals surface area contributed by atoms with E-state index >= 15 is 0 Å². The number of ether oxygens (including phenoxy) is 1. The van der Waals surface area contributed by atoms with E-state index in [0.29, 0.717) is 5.75 Å².